The molecule has 90 valence electrons. The van der Waals surface area contributed by atoms with E-state index in [2.05, 4.69) is 53.7 Å². The monoisotopic (exact) mass is 304 g/mol. The van der Waals surface area contributed by atoms with Crippen LogP contribution in [0.1, 0.15) is 41.5 Å². The third kappa shape index (κ3) is 2.36. The summed E-state index contributed by atoms with van der Waals surface area (Å²) in [6.45, 7) is 13.9. The molecule has 0 aromatic carbocycles. The first-order valence-corrected chi connectivity index (χ1v) is 8.93. The van der Waals surface area contributed by atoms with Crippen LogP contribution in [-0.4, -0.2) is 0 Å². The van der Waals surface area contributed by atoms with Crippen LogP contribution < -0.4 is 0 Å². The third-order valence-electron chi connectivity index (χ3n) is 4.17. The fourth-order valence-corrected chi connectivity index (χ4v) is 6.97. The van der Waals surface area contributed by atoms with Gasteiger partial charge >= 0.3 is 118 Å². The Bertz CT molecular complexity index is 428. The van der Waals surface area contributed by atoms with Crippen molar-refractivity contribution < 1.29 is 23.2 Å². The summed E-state index contributed by atoms with van der Waals surface area (Å²) in [6.07, 6.45) is 4.89. The molecule has 0 spiro atoms. The van der Waals surface area contributed by atoms with Gasteiger partial charge in [0.2, 0.25) is 0 Å². The molecule has 1 heteroatoms. The molecular formula is C16H22Zr. The topological polar surface area (TPSA) is 0 Å². The first-order chi connectivity index (χ1) is 7.91. The van der Waals surface area contributed by atoms with Gasteiger partial charge in [-0.25, -0.2) is 0 Å². The molecule has 0 heterocycles. The van der Waals surface area contributed by atoms with Crippen molar-refractivity contribution in [1.82, 2.24) is 0 Å². The summed E-state index contributed by atoms with van der Waals surface area (Å²) in [6, 6.07) is 0. The summed E-state index contributed by atoms with van der Waals surface area (Å²) >= 11 is -0.548. The maximum absolute atomic E-state index is 2.45. The van der Waals surface area contributed by atoms with E-state index in [1.165, 1.54) is 11.1 Å². The average molecular weight is 306 g/mol. The van der Waals surface area contributed by atoms with Crippen LogP contribution in [-0.2, 0) is 23.2 Å². The van der Waals surface area contributed by atoms with E-state index in [9.17, 15) is 0 Å². The zero-order chi connectivity index (χ0) is 12.7. The van der Waals surface area contributed by atoms with Crippen LogP contribution in [0.5, 0.6) is 0 Å². The summed E-state index contributed by atoms with van der Waals surface area (Å²) in [7, 11) is 0. The van der Waals surface area contributed by atoms with Gasteiger partial charge in [-0.1, -0.05) is 0 Å². The van der Waals surface area contributed by atoms with Gasteiger partial charge < -0.3 is 0 Å². The zero-order valence-electron chi connectivity index (χ0n) is 11.8. The van der Waals surface area contributed by atoms with Crippen LogP contribution in [0.25, 0.3) is 0 Å². The molecule has 2 atom stereocenters. The molecule has 0 bridgehead atoms. The predicted octanol–water partition coefficient (Wildman–Crippen LogP) is 4.81. The van der Waals surface area contributed by atoms with Crippen molar-refractivity contribution in [3.05, 3.63) is 41.0 Å². The van der Waals surface area contributed by atoms with Crippen molar-refractivity contribution in [2.45, 2.75) is 41.5 Å². The molecule has 0 radical (unpaired) electrons. The van der Waals surface area contributed by atoms with Gasteiger partial charge in [-0.15, -0.1) is 0 Å². The second-order valence-electron chi connectivity index (χ2n) is 5.48. The van der Waals surface area contributed by atoms with Crippen molar-refractivity contribution >= 4 is 0 Å². The van der Waals surface area contributed by atoms with E-state index < -0.39 is 23.2 Å². The van der Waals surface area contributed by atoms with Gasteiger partial charge in [0.05, 0.1) is 0 Å². The molecule has 0 nitrogen and oxygen atoms in total. The molecule has 2 unspecified atom stereocenters. The SMILES string of the molecule is CC1=CC(C)[C]([Zr][C]2=C(C)C(C)=CC2C)=C1C. The van der Waals surface area contributed by atoms with Crippen LogP contribution >= 0.6 is 0 Å². The Hall–Kier alpha value is -0.157. The van der Waals surface area contributed by atoms with Crippen LogP contribution in [0.2, 0.25) is 0 Å². The van der Waals surface area contributed by atoms with Crippen molar-refractivity contribution in [3.8, 4) is 0 Å². The molecular weight excluding hydrogens is 283 g/mol. The number of rotatable bonds is 2. The van der Waals surface area contributed by atoms with E-state index in [0.29, 0.717) is 11.8 Å². The van der Waals surface area contributed by atoms with E-state index in [4.69, 9.17) is 0 Å². The second-order valence-corrected chi connectivity index (χ2v) is 8.74. The minimum absolute atomic E-state index is 0.548. The molecule has 2 aliphatic rings. The van der Waals surface area contributed by atoms with Gasteiger partial charge in [0.25, 0.3) is 0 Å². The van der Waals surface area contributed by atoms with Crippen molar-refractivity contribution in [2.75, 3.05) is 0 Å². The van der Waals surface area contributed by atoms with Crippen molar-refractivity contribution in [3.63, 3.8) is 0 Å². The van der Waals surface area contributed by atoms with E-state index in [0.717, 1.165) is 0 Å². The second kappa shape index (κ2) is 4.84. The van der Waals surface area contributed by atoms with Gasteiger partial charge in [0.1, 0.15) is 0 Å². The van der Waals surface area contributed by atoms with Crippen molar-refractivity contribution in [1.29, 1.82) is 0 Å². The molecule has 0 fully saturated rings. The maximum atomic E-state index is 2.45. The van der Waals surface area contributed by atoms with Gasteiger partial charge in [-0.2, -0.15) is 0 Å². The Balaban J connectivity index is 2.26. The van der Waals surface area contributed by atoms with Crippen LogP contribution in [0, 0.1) is 11.8 Å². The Kier molecular flexibility index (Phi) is 3.78. The van der Waals surface area contributed by atoms with E-state index >= 15 is 0 Å². The molecule has 0 amide bonds. The third-order valence-corrected chi connectivity index (χ3v) is 9.58. The Morgan fingerprint density at radius 3 is 1.35 bits per heavy atom. The average Bonchev–Trinajstić information content (AvgIpc) is 2.62. The van der Waals surface area contributed by atoms with Crippen molar-refractivity contribution in [2.24, 2.45) is 11.8 Å². The zero-order valence-corrected chi connectivity index (χ0v) is 14.3. The Labute approximate surface area is 117 Å². The number of allylic oxidation sites excluding steroid dienone is 8. The molecule has 0 aliphatic heterocycles. The summed E-state index contributed by atoms with van der Waals surface area (Å²) in [5, 5.41) is 0. The van der Waals surface area contributed by atoms with Crippen LogP contribution in [0.3, 0.4) is 0 Å². The van der Waals surface area contributed by atoms with Gasteiger partial charge in [-0.05, 0) is 0 Å². The van der Waals surface area contributed by atoms with Crippen LogP contribution in [0.15, 0.2) is 41.0 Å². The standard InChI is InChI=1S/2C8H11.Zr/c2*1-6-4-7(2)8(3)5-6;/h2*4,6H,1-3H3;. The first-order valence-electron chi connectivity index (χ1n) is 6.48. The molecule has 2 rings (SSSR count). The molecule has 0 aromatic rings. The summed E-state index contributed by atoms with van der Waals surface area (Å²) in [5.41, 5.74) is 6.23. The number of hydrogen-bond donors (Lipinski definition) is 0. The molecule has 2 aliphatic carbocycles. The van der Waals surface area contributed by atoms with Gasteiger partial charge in [-0.3, -0.25) is 0 Å². The first kappa shape index (κ1) is 13.3. The van der Waals surface area contributed by atoms with E-state index in [1.807, 2.05) is 0 Å². The molecule has 0 aromatic heterocycles. The fourth-order valence-electron chi connectivity index (χ4n) is 2.83. The molecule has 17 heavy (non-hydrogen) atoms. The van der Waals surface area contributed by atoms with E-state index in [-0.39, 0.29) is 0 Å². The predicted molar refractivity (Wildman–Crippen MR) is 71.2 cm³/mol. The normalized spacial score (nSPS) is 28.8. The summed E-state index contributed by atoms with van der Waals surface area (Å²) < 4.78 is 3.60. The summed E-state index contributed by atoms with van der Waals surface area (Å²) in [5.74, 6) is 1.41. The quantitative estimate of drug-likeness (QED) is 0.687. The number of hydrogen-bond acceptors (Lipinski definition) is 0. The molecule has 0 saturated carbocycles. The van der Waals surface area contributed by atoms with E-state index in [1.54, 1.807) is 17.7 Å². The Morgan fingerprint density at radius 1 is 0.765 bits per heavy atom. The van der Waals surface area contributed by atoms with Gasteiger partial charge in [0.15, 0.2) is 0 Å². The van der Waals surface area contributed by atoms with Crippen LogP contribution in [0.4, 0.5) is 0 Å². The summed E-state index contributed by atoms with van der Waals surface area (Å²) in [4.78, 5) is 0. The Morgan fingerprint density at radius 2 is 1.12 bits per heavy atom. The minimum atomic E-state index is -0.548. The molecule has 0 N–H and O–H groups in total. The fraction of sp³-hybridized carbons (Fsp3) is 0.500. The molecule has 0 saturated heterocycles. The van der Waals surface area contributed by atoms with Gasteiger partial charge in [0, 0.05) is 0 Å².